The fraction of sp³-hybridized carbons (Fsp3) is 0.0714. The highest BCUT2D eigenvalue weighted by atomic mass is 15.2. The van der Waals surface area contributed by atoms with Crippen LogP contribution in [0.25, 0.3) is 5.70 Å². The molecule has 0 unspecified atom stereocenters. The van der Waals surface area contributed by atoms with E-state index in [-0.39, 0.29) is 0 Å². The molecular weight excluding hydrogens is 196 g/mol. The molecule has 0 atom stereocenters. The first-order valence-corrected chi connectivity index (χ1v) is 5.39. The lowest BCUT2D eigenvalue weighted by Gasteiger charge is -2.25. The molecule has 2 aliphatic rings. The third kappa shape index (κ3) is 1.58. The van der Waals surface area contributed by atoms with Crippen molar-refractivity contribution in [1.29, 1.82) is 0 Å². The Morgan fingerprint density at radius 2 is 1.94 bits per heavy atom. The summed E-state index contributed by atoms with van der Waals surface area (Å²) in [5, 5.41) is 0. The van der Waals surface area contributed by atoms with Gasteiger partial charge in [0.25, 0.3) is 0 Å². The van der Waals surface area contributed by atoms with Gasteiger partial charge in [0.1, 0.15) is 5.84 Å². The molecule has 3 rings (SSSR count). The molecule has 0 radical (unpaired) electrons. The molecule has 1 aromatic carbocycles. The summed E-state index contributed by atoms with van der Waals surface area (Å²) >= 11 is 0. The summed E-state index contributed by atoms with van der Waals surface area (Å²) in [5.41, 5.74) is 2.24. The minimum atomic E-state index is 0.893. The molecule has 16 heavy (non-hydrogen) atoms. The van der Waals surface area contributed by atoms with E-state index in [1.807, 2.05) is 36.4 Å². The van der Waals surface area contributed by atoms with Crippen LogP contribution in [-0.4, -0.2) is 17.3 Å². The van der Waals surface area contributed by atoms with E-state index in [4.69, 9.17) is 0 Å². The van der Waals surface area contributed by atoms with Gasteiger partial charge in [-0.25, -0.2) is 4.99 Å². The highest BCUT2D eigenvalue weighted by molar-refractivity contribution is 5.99. The van der Waals surface area contributed by atoms with Crippen molar-refractivity contribution in [3.8, 4) is 0 Å². The molecular formula is C14H12N2. The minimum Gasteiger partial charge on any atom is -0.329 e. The molecule has 0 spiro atoms. The SMILES string of the molecule is C1=CC2=NC(c3ccccc3)=CCN2C=C1. The molecule has 2 aliphatic heterocycles. The van der Waals surface area contributed by atoms with Crippen molar-refractivity contribution >= 4 is 11.5 Å². The second kappa shape index (κ2) is 3.81. The van der Waals surface area contributed by atoms with Gasteiger partial charge in [-0.15, -0.1) is 0 Å². The number of nitrogens with zero attached hydrogens (tertiary/aromatic N) is 2. The van der Waals surface area contributed by atoms with Gasteiger partial charge in [0.15, 0.2) is 0 Å². The Kier molecular flexibility index (Phi) is 2.18. The van der Waals surface area contributed by atoms with Crippen molar-refractivity contribution in [2.45, 2.75) is 0 Å². The molecule has 2 nitrogen and oxygen atoms in total. The van der Waals surface area contributed by atoms with E-state index in [0.29, 0.717) is 0 Å². The molecule has 0 aliphatic carbocycles. The van der Waals surface area contributed by atoms with Gasteiger partial charge < -0.3 is 4.90 Å². The fourth-order valence-electron chi connectivity index (χ4n) is 1.87. The first-order chi connectivity index (χ1) is 7.93. The summed E-state index contributed by atoms with van der Waals surface area (Å²) in [7, 11) is 0. The summed E-state index contributed by atoms with van der Waals surface area (Å²) in [6.07, 6.45) is 10.3. The van der Waals surface area contributed by atoms with Crippen LogP contribution in [0.2, 0.25) is 0 Å². The predicted octanol–water partition coefficient (Wildman–Crippen LogP) is 2.83. The van der Waals surface area contributed by atoms with Gasteiger partial charge in [-0.3, -0.25) is 0 Å². The number of hydrogen-bond acceptors (Lipinski definition) is 2. The molecule has 1 aromatic rings. The number of allylic oxidation sites excluding steroid dienone is 2. The van der Waals surface area contributed by atoms with Crippen LogP contribution in [0.15, 0.2) is 65.8 Å². The first-order valence-electron chi connectivity index (χ1n) is 5.39. The Morgan fingerprint density at radius 1 is 1.06 bits per heavy atom. The van der Waals surface area contributed by atoms with Crippen molar-refractivity contribution in [3.05, 3.63) is 66.4 Å². The van der Waals surface area contributed by atoms with Crippen molar-refractivity contribution in [2.75, 3.05) is 6.54 Å². The average molecular weight is 208 g/mol. The zero-order chi connectivity index (χ0) is 10.8. The van der Waals surface area contributed by atoms with Gasteiger partial charge in [0, 0.05) is 12.7 Å². The summed E-state index contributed by atoms with van der Waals surface area (Å²) in [4.78, 5) is 6.77. The zero-order valence-corrected chi connectivity index (χ0v) is 8.88. The summed E-state index contributed by atoms with van der Waals surface area (Å²) < 4.78 is 0. The number of rotatable bonds is 1. The van der Waals surface area contributed by atoms with E-state index in [1.54, 1.807) is 0 Å². The van der Waals surface area contributed by atoms with Crippen LogP contribution in [0.5, 0.6) is 0 Å². The smallest absolute Gasteiger partial charge is 0.133 e. The fourth-order valence-corrected chi connectivity index (χ4v) is 1.87. The lowest BCUT2D eigenvalue weighted by Crippen LogP contribution is -2.28. The van der Waals surface area contributed by atoms with Gasteiger partial charge in [-0.05, 0) is 23.8 Å². The number of fused-ring (bicyclic) bond motifs is 1. The Bertz CT molecular complexity index is 507. The maximum atomic E-state index is 4.64. The summed E-state index contributed by atoms with van der Waals surface area (Å²) in [5.74, 6) is 1.02. The van der Waals surface area contributed by atoms with Crippen molar-refractivity contribution in [3.63, 3.8) is 0 Å². The van der Waals surface area contributed by atoms with Crippen LogP contribution in [0.3, 0.4) is 0 Å². The number of hydrogen-bond donors (Lipinski definition) is 0. The molecule has 0 bridgehead atoms. The molecule has 2 heteroatoms. The van der Waals surface area contributed by atoms with Gasteiger partial charge >= 0.3 is 0 Å². The van der Waals surface area contributed by atoms with Gasteiger partial charge in [0.05, 0.1) is 5.70 Å². The van der Waals surface area contributed by atoms with E-state index < -0.39 is 0 Å². The Hall–Kier alpha value is -2.09. The number of amidine groups is 1. The topological polar surface area (TPSA) is 15.6 Å². The monoisotopic (exact) mass is 208 g/mol. The van der Waals surface area contributed by atoms with Crippen molar-refractivity contribution < 1.29 is 0 Å². The summed E-state index contributed by atoms with van der Waals surface area (Å²) in [6.45, 7) is 0.893. The van der Waals surface area contributed by atoms with E-state index in [0.717, 1.165) is 18.1 Å². The lowest BCUT2D eigenvalue weighted by atomic mass is 10.1. The third-order valence-electron chi connectivity index (χ3n) is 2.70. The van der Waals surface area contributed by atoms with Gasteiger partial charge in [0.2, 0.25) is 0 Å². The van der Waals surface area contributed by atoms with Crippen LogP contribution >= 0.6 is 0 Å². The summed E-state index contributed by atoms with van der Waals surface area (Å²) in [6, 6.07) is 10.3. The molecule has 2 heterocycles. The number of benzene rings is 1. The quantitative estimate of drug-likeness (QED) is 0.693. The first kappa shape index (κ1) is 9.16. The van der Waals surface area contributed by atoms with E-state index >= 15 is 0 Å². The van der Waals surface area contributed by atoms with Crippen molar-refractivity contribution in [1.82, 2.24) is 4.90 Å². The van der Waals surface area contributed by atoms with E-state index in [1.165, 1.54) is 5.56 Å². The molecule has 0 N–H and O–H groups in total. The van der Waals surface area contributed by atoms with Crippen LogP contribution in [0.4, 0.5) is 0 Å². The van der Waals surface area contributed by atoms with Crippen LogP contribution in [0, 0.1) is 0 Å². The highest BCUT2D eigenvalue weighted by Crippen LogP contribution is 2.21. The van der Waals surface area contributed by atoms with Crippen molar-refractivity contribution in [2.24, 2.45) is 4.99 Å². The predicted molar refractivity (Wildman–Crippen MR) is 66.8 cm³/mol. The van der Waals surface area contributed by atoms with Crippen LogP contribution in [0.1, 0.15) is 5.56 Å². The molecule has 0 fully saturated rings. The largest absolute Gasteiger partial charge is 0.329 e. The second-order valence-electron chi connectivity index (χ2n) is 3.78. The third-order valence-corrected chi connectivity index (χ3v) is 2.70. The normalized spacial score (nSPS) is 17.9. The highest BCUT2D eigenvalue weighted by Gasteiger charge is 2.13. The minimum absolute atomic E-state index is 0.893. The average Bonchev–Trinajstić information content (AvgIpc) is 2.39. The standard InChI is InChI=1S/C14H12N2/c1-2-6-12(7-3-1)13-9-11-16-10-5-4-8-14(16)15-13/h1-10H,11H2. The Morgan fingerprint density at radius 3 is 2.81 bits per heavy atom. The van der Waals surface area contributed by atoms with Crippen LogP contribution < -0.4 is 0 Å². The lowest BCUT2D eigenvalue weighted by molar-refractivity contribution is 0.616. The molecule has 0 saturated heterocycles. The Labute approximate surface area is 94.9 Å². The van der Waals surface area contributed by atoms with Crippen LogP contribution in [-0.2, 0) is 0 Å². The van der Waals surface area contributed by atoms with Gasteiger partial charge in [-0.1, -0.05) is 36.4 Å². The zero-order valence-electron chi connectivity index (χ0n) is 8.88. The molecule has 78 valence electrons. The maximum absolute atomic E-state index is 4.64. The second-order valence-corrected chi connectivity index (χ2v) is 3.78. The molecule has 0 saturated carbocycles. The van der Waals surface area contributed by atoms with Gasteiger partial charge in [-0.2, -0.15) is 0 Å². The molecule has 0 amide bonds. The van der Waals surface area contributed by atoms with E-state index in [9.17, 15) is 0 Å². The Balaban J connectivity index is 1.96. The maximum Gasteiger partial charge on any atom is 0.133 e. The molecule has 0 aromatic heterocycles. The van der Waals surface area contributed by atoms with E-state index in [2.05, 4.69) is 34.3 Å². The number of aliphatic imine (C=N–C) groups is 1.